The molecule has 0 saturated heterocycles. The van der Waals surface area contributed by atoms with Gasteiger partial charge in [0.2, 0.25) is 5.91 Å². The van der Waals surface area contributed by atoms with Crippen LogP contribution in [-0.4, -0.2) is 35.0 Å². The quantitative estimate of drug-likeness (QED) is 0.678. The lowest BCUT2D eigenvalue weighted by atomic mass is 9.79. The fraction of sp³-hybridized carbons (Fsp3) is 0.846. The molecule has 0 aliphatic heterocycles. The zero-order chi connectivity index (χ0) is 14.2. The predicted molar refractivity (Wildman–Crippen MR) is 75.9 cm³/mol. The molecular weight excluding hydrogens is 250 g/mol. The van der Waals surface area contributed by atoms with Crippen LogP contribution in [0.5, 0.6) is 0 Å². The van der Waals surface area contributed by atoms with E-state index in [9.17, 15) is 14.7 Å². The maximum absolute atomic E-state index is 11.9. The van der Waals surface area contributed by atoms with E-state index in [-0.39, 0.29) is 18.4 Å². The summed E-state index contributed by atoms with van der Waals surface area (Å²) in [7, 11) is 0. The molecule has 4 nitrogen and oxygen atoms in total. The number of carboxylic acids is 1. The Morgan fingerprint density at radius 2 is 1.83 bits per heavy atom. The number of carbonyl (C=O) groups excluding carboxylic acids is 1. The van der Waals surface area contributed by atoms with E-state index in [0.717, 1.165) is 12.2 Å². The van der Waals surface area contributed by atoms with Crippen molar-refractivity contribution in [3.05, 3.63) is 0 Å². The molecule has 18 heavy (non-hydrogen) atoms. The molecule has 2 N–H and O–H groups in total. The van der Waals surface area contributed by atoms with E-state index in [1.807, 2.05) is 27.0 Å². The first-order chi connectivity index (χ1) is 8.45. The van der Waals surface area contributed by atoms with Crippen LogP contribution in [0.15, 0.2) is 0 Å². The van der Waals surface area contributed by atoms with E-state index in [1.54, 1.807) is 11.8 Å². The summed E-state index contributed by atoms with van der Waals surface area (Å²) in [5.74, 6) is -0.164. The lowest BCUT2D eigenvalue weighted by Crippen LogP contribution is -2.41. The number of carbonyl (C=O) groups is 2. The summed E-state index contributed by atoms with van der Waals surface area (Å²) in [6.45, 7) is 5.67. The van der Waals surface area contributed by atoms with Crippen molar-refractivity contribution in [3.8, 4) is 0 Å². The molecule has 0 aromatic rings. The minimum Gasteiger partial charge on any atom is -0.481 e. The van der Waals surface area contributed by atoms with Crippen molar-refractivity contribution in [1.29, 1.82) is 0 Å². The van der Waals surface area contributed by atoms with Gasteiger partial charge in [0.25, 0.3) is 0 Å². The van der Waals surface area contributed by atoms with Gasteiger partial charge < -0.3 is 10.4 Å². The number of thioether (sulfide) groups is 1. The molecule has 1 unspecified atom stereocenters. The second kappa shape index (κ2) is 8.40. The van der Waals surface area contributed by atoms with Gasteiger partial charge in [-0.05, 0) is 25.5 Å². The molecule has 106 valence electrons. The predicted octanol–water partition coefficient (Wildman–Crippen LogP) is 2.53. The summed E-state index contributed by atoms with van der Waals surface area (Å²) >= 11 is 1.68. The van der Waals surface area contributed by atoms with Crippen molar-refractivity contribution in [2.75, 3.05) is 12.0 Å². The highest BCUT2D eigenvalue weighted by Crippen LogP contribution is 2.30. The number of rotatable bonds is 9. The third-order valence-corrected chi connectivity index (χ3v) is 4.27. The van der Waals surface area contributed by atoms with Gasteiger partial charge in [0.1, 0.15) is 0 Å². The maximum atomic E-state index is 11.9. The molecule has 0 rings (SSSR count). The molecular formula is C13H25NO3S. The largest absolute Gasteiger partial charge is 0.481 e. The van der Waals surface area contributed by atoms with Crippen molar-refractivity contribution < 1.29 is 14.7 Å². The van der Waals surface area contributed by atoms with E-state index in [4.69, 9.17) is 0 Å². The van der Waals surface area contributed by atoms with E-state index in [0.29, 0.717) is 12.8 Å². The molecule has 0 fully saturated rings. The van der Waals surface area contributed by atoms with Crippen LogP contribution < -0.4 is 5.32 Å². The summed E-state index contributed by atoms with van der Waals surface area (Å²) in [6.07, 6.45) is 3.89. The lowest BCUT2D eigenvalue weighted by Gasteiger charge is -2.27. The lowest BCUT2D eigenvalue weighted by molar-refractivity contribution is -0.152. The molecule has 0 bridgehead atoms. The minimum absolute atomic E-state index is 0.0697. The van der Waals surface area contributed by atoms with Crippen molar-refractivity contribution in [2.24, 2.45) is 5.41 Å². The molecule has 0 spiro atoms. The zero-order valence-corrected chi connectivity index (χ0v) is 12.6. The second-order valence-electron chi connectivity index (χ2n) is 4.60. The van der Waals surface area contributed by atoms with Crippen LogP contribution in [0.3, 0.4) is 0 Å². The molecule has 0 aliphatic carbocycles. The van der Waals surface area contributed by atoms with Crippen molar-refractivity contribution in [2.45, 2.75) is 52.5 Å². The Hall–Kier alpha value is -0.710. The first kappa shape index (κ1) is 17.3. The Morgan fingerprint density at radius 1 is 1.28 bits per heavy atom. The fourth-order valence-electron chi connectivity index (χ4n) is 1.93. The number of aliphatic carboxylic acids is 1. The topological polar surface area (TPSA) is 66.4 Å². The first-order valence-corrected chi connectivity index (χ1v) is 7.86. The molecule has 5 heteroatoms. The maximum Gasteiger partial charge on any atom is 0.310 e. The number of hydrogen-bond donors (Lipinski definition) is 2. The first-order valence-electron chi connectivity index (χ1n) is 6.47. The number of hydrogen-bond acceptors (Lipinski definition) is 3. The van der Waals surface area contributed by atoms with Crippen molar-refractivity contribution in [1.82, 2.24) is 5.32 Å². The molecule has 1 atom stereocenters. The standard InChI is InChI=1S/C13H25NO3S/c1-5-10(9-18-4)14-11(15)8-13(6-2,7-3)12(16)17/h10H,5-9H2,1-4H3,(H,14,15)(H,16,17). The number of amides is 1. The molecule has 0 aliphatic rings. The molecule has 0 saturated carbocycles. The summed E-state index contributed by atoms with van der Waals surface area (Å²) in [5.41, 5.74) is -0.915. The summed E-state index contributed by atoms with van der Waals surface area (Å²) in [5, 5.41) is 12.2. The Bertz CT molecular complexity index is 277. The molecule has 0 radical (unpaired) electrons. The highest BCUT2D eigenvalue weighted by Gasteiger charge is 2.37. The number of carboxylic acid groups (broad SMARTS) is 1. The van der Waals surface area contributed by atoms with Gasteiger partial charge in [-0.2, -0.15) is 11.8 Å². The van der Waals surface area contributed by atoms with Crippen LogP contribution in [0.25, 0.3) is 0 Å². The van der Waals surface area contributed by atoms with Crippen LogP contribution in [0.1, 0.15) is 46.5 Å². The smallest absolute Gasteiger partial charge is 0.310 e. The highest BCUT2D eigenvalue weighted by molar-refractivity contribution is 7.98. The molecule has 0 heterocycles. The Morgan fingerprint density at radius 3 is 2.17 bits per heavy atom. The third kappa shape index (κ3) is 4.88. The van der Waals surface area contributed by atoms with Crippen LogP contribution in [-0.2, 0) is 9.59 Å². The minimum atomic E-state index is -0.915. The molecule has 0 aromatic heterocycles. The average Bonchev–Trinajstić information content (AvgIpc) is 2.35. The molecule has 0 aromatic carbocycles. The van der Waals surface area contributed by atoms with Crippen LogP contribution in [0, 0.1) is 5.41 Å². The SMILES string of the molecule is CCC(CSC)NC(=O)CC(CC)(CC)C(=O)O. The van der Waals surface area contributed by atoms with E-state index in [2.05, 4.69) is 5.32 Å². The fourth-order valence-corrected chi connectivity index (χ4v) is 2.65. The Kier molecular flexibility index (Phi) is 8.07. The zero-order valence-electron chi connectivity index (χ0n) is 11.8. The van der Waals surface area contributed by atoms with E-state index in [1.165, 1.54) is 0 Å². The van der Waals surface area contributed by atoms with Gasteiger partial charge in [0, 0.05) is 18.2 Å². The third-order valence-electron chi connectivity index (χ3n) is 3.53. The summed E-state index contributed by atoms with van der Waals surface area (Å²) in [6, 6.07) is 0.132. The van der Waals surface area contributed by atoms with Gasteiger partial charge in [0.05, 0.1) is 5.41 Å². The van der Waals surface area contributed by atoms with Gasteiger partial charge in [-0.15, -0.1) is 0 Å². The number of nitrogens with one attached hydrogen (secondary N) is 1. The Balaban J connectivity index is 4.56. The van der Waals surface area contributed by atoms with Gasteiger partial charge in [-0.25, -0.2) is 0 Å². The van der Waals surface area contributed by atoms with Crippen molar-refractivity contribution in [3.63, 3.8) is 0 Å². The van der Waals surface area contributed by atoms with Crippen LogP contribution in [0.2, 0.25) is 0 Å². The Labute approximate surface area is 114 Å². The van der Waals surface area contributed by atoms with E-state index >= 15 is 0 Å². The van der Waals surface area contributed by atoms with Gasteiger partial charge in [0.15, 0.2) is 0 Å². The van der Waals surface area contributed by atoms with Gasteiger partial charge >= 0.3 is 5.97 Å². The highest BCUT2D eigenvalue weighted by atomic mass is 32.2. The van der Waals surface area contributed by atoms with Crippen LogP contribution in [0.4, 0.5) is 0 Å². The van der Waals surface area contributed by atoms with Gasteiger partial charge in [-0.1, -0.05) is 20.8 Å². The second-order valence-corrected chi connectivity index (χ2v) is 5.51. The van der Waals surface area contributed by atoms with E-state index < -0.39 is 11.4 Å². The average molecular weight is 275 g/mol. The summed E-state index contributed by atoms with van der Waals surface area (Å²) < 4.78 is 0. The monoisotopic (exact) mass is 275 g/mol. The normalized spacial score (nSPS) is 13.1. The van der Waals surface area contributed by atoms with Crippen molar-refractivity contribution >= 4 is 23.6 Å². The molecule has 1 amide bonds. The summed E-state index contributed by atoms with van der Waals surface area (Å²) in [4.78, 5) is 23.3. The van der Waals surface area contributed by atoms with Crippen LogP contribution >= 0.6 is 11.8 Å². The van der Waals surface area contributed by atoms with Gasteiger partial charge in [-0.3, -0.25) is 9.59 Å².